The van der Waals surface area contributed by atoms with E-state index in [0.717, 1.165) is 24.2 Å². The quantitative estimate of drug-likeness (QED) is 0.571. The number of nitrogens with one attached hydrogen (secondary N) is 2. The second kappa shape index (κ2) is 10.1. The molecule has 132 valence electrons. The summed E-state index contributed by atoms with van der Waals surface area (Å²) in [6.45, 7) is 0.865. The standard InChI is InChI=1S/C20H24N2O3/c1-25-18-12-6-5-11-17(18)13-15-22-20(24)19(23)21-14-7-10-16-8-3-2-4-9-16/h2-6,8-9,11-12H,7,10,13-15H2,1H3,(H,21,23)(H,22,24). The van der Waals surface area contributed by atoms with Crippen LogP contribution >= 0.6 is 0 Å². The second-order valence-corrected chi connectivity index (χ2v) is 5.66. The van der Waals surface area contributed by atoms with Crippen molar-refractivity contribution in [1.82, 2.24) is 10.6 Å². The lowest BCUT2D eigenvalue weighted by Crippen LogP contribution is -2.41. The van der Waals surface area contributed by atoms with Crippen LogP contribution in [0, 0.1) is 0 Å². The lowest BCUT2D eigenvalue weighted by atomic mass is 10.1. The fraction of sp³-hybridized carbons (Fsp3) is 0.300. The summed E-state index contributed by atoms with van der Waals surface area (Å²) in [6.07, 6.45) is 2.28. The van der Waals surface area contributed by atoms with Crippen molar-refractivity contribution < 1.29 is 14.3 Å². The molecule has 5 heteroatoms. The Labute approximate surface area is 148 Å². The number of methoxy groups -OCH3 is 1. The number of benzene rings is 2. The molecule has 0 heterocycles. The van der Waals surface area contributed by atoms with Crippen LogP contribution in [0.5, 0.6) is 5.75 Å². The molecule has 0 fully saturated rings. The SMILES string of the molecule is COc1ccccc1CCNC(=O)C(=O)NCCCc1ccccc1. The Hall–Kier alpha value is -2.82. The Kier molecular flexibility index (Phi) is 7.50. The summed E-state index contributed by atoms with van der Waals surface area (Å²) >= 11 is 0. The number of hydrogen-bond acceptors (Lipinski definition) is 3. The van der Waals surface area contributed by atoms with Gasteiger partial charge in [0.15, 0.2) is 0 Å². The van der Waals surface area contributed by atoms with Gasteiger partial charge in [0, 0.05) is 13.1 Å². The van der Waals surface area contributed by atoms with E-state index in [1.54, 1.807) is 7.11 Å². The van der Waals surface area contributed by atoms with Gasteiger partial charge in [-0.25, -0.2) is 0 Å². The monoisotopic (exact) mass is 340 g/mol. The van der Waals surface area contributed by atoms with Crippen LogP contribution in [0.1, 0.15) is 17.5 Å². The number of ether oxygens (including phenoxy) is 1. The molecule has 2 amide bonds. The molecule has 2 N–H and O–H groups in total. The van der Waals surface area contributed by atoms with E-state index in [4.69, 9.17) is 4.74 Å². The molecule has 0 bridgehead atoms. The number of para-hydroxylation sites is 1. The fourth-order valence-electron chi connectivity index (χ4n) is 2.52. The highest BCUT2D eigenvalue weighted by atomic mass is 16.5. The molecule has 0 radical (unpaired) electrons. The van der Waals surface area contributed by atoms with Gasteiger partial charge in [-0.1, -0.05) is 48.5 Å². The summed E-state index contributed by atoms with van der Waals surface area (Å²) in [4.78, 5) is 23.6. The Bertz CT molecular complexity index is 686. The molecule has 0 atom stereocenters. The van der Waals surface area contributed by atoms with Crippen LogP contribution < -0.4 is 15.4 Å². The summed E-state index contributed by atoms with van der Waals surface area (Å²) < 4.78 is 5.26. The molecule has 0 aliphatic carbocycles. The number of carbonyl (C=O) groups is 2. The van der Waals surface area contributed by atoms with Crippen LogP contribution in [-0.2, 0) is 22.4 Å². The van der Waals surface area contributed by atoms with Crippen molar-refractivity contribution in [1.29, 1.82) is 0 Å². The molecule has 0 aliphatic heterocycles. The Morgan fingerprint density at radius 3 is 2.20 bits per heavy atom. The lowest BCUT2D eigenvalue weighted by Gasteiger charge is -2.09. The average molecular weight is 340 g/mol. The minimum atomic E-state index is -0.602. The first-order valence-corrected chi connectivity index (χ1v) is 8.42. The molecule has 25 heavy (non-hydrogen) atoms. The van der Waals surface area contributed by atoms with Crippen LogP contribution in [0.2, 0.25) is 0 Å². The maximum Gasteiger partial charge on any atom is 0.309 e. The van der Waals surface area contributed by atoms with Crippen molar-refractivity contribution in [3.63, 3.8) is 0 Å². The average Bonchev–Trinajstić information content (AvgIpc) is 2.66. The third-order valence-corrected chi connectivity index (χ3v) is 3.85. The van der Waals surface area contributed by atoms with Crippen LogP contribution in [0.4, 0.5) is 0 Å². The topological polar surface area (TPSA) is 67.4 Å². The summed E-state index contributed by atoms with van der Waals surface area (Å²) in [5, 5.41) is 5.28. The van der Waals surface area contributed by atoms with Crippen molar-refractivity contribution in [2.75, 3.05) is 20.2 Å². The summed E-state index contributed by atoms with van der Waals surface area (Å²) in [5.74, 6) is -0.412. The molecule has 0 saturated heterocycles. The van der Waals surface area contributed by atoms with E-state index in [2.05, 4.69) is 10.6 Å². The minimum absolute atomic E-state index is 0.386. The van der Waals surface area contributed by atoms with Crippen molar-refractivity contribution in [3.05, 3.63) is 65.7 Å². The largest absolute Gasteiger partial charge is 0.496 e. The number of carbonyl (C=O) groups excluding carboxylic acids is 2. The first-order valence-electron chi connectivity index (χ1n) is 8.42. The van der Waals surface area contributed by atoms with Crippen molar-refractivity contribution >= 4 is 11.8 Å². The molecule has 2 aromatic rings. The van der Waals surface area contributed by atoms with Crippen LogP contribution in [0.15, 0.2) is 54.6 Å². The van der Waals surface area contributed by atoms with E-state index < -0.39 is 11.8 Å². The Morgan fingerprint density at radius 1 is 0.840 bits per heavy atom. The predicted molar refractivity (Wildman–Crippen MR) is 97.5 cm³/mol. The third-order valence-electron chi connectivity index (χ3n) is 3.85. The molecule has 2 rings (SSSR count). The molecule has 0 spiro atoms. The number of hydrogen-bond donors (Lipinski definition) is 2. The zero-order valence-corrected chi connectivity index (χ0v) is 14.5. The number of aryl methyl sites for hydroxylation is 1. The number of amides is 2. The first-order chi connectivity index (χ1) is 12.2. The highest BCUT2D eigenvalue weighted by molar-refractivity contribution is 6.35. The summed E-state index contributed by atoms with van der Waals surface area (Å²) in [6, 6.07) is 17.7. The molecule has 0 aromatic heterocycles. The van der Waals surface area contributed by atoms with Gasteiger partial charge in [0.25, 0.3) is 0 Å². The minimum Gasteiger partial charge on any atom is -0.496 e. The van der Waals surface area contributed by atoms with E-state index in [9.17, 15) is 9.59 Å². The van der Waals surface area contributed by atoms with Gasteiger partial charge in [0.2, 0.25) is 0 Å². The van der Waals surface area contributed by atoms with Gasteiger partial charge in [-0.05, 0) is 36.5 Å². The zero-order chi connectivity index (χ0) is 17.9. The molecule has 2 aromatic carbocycles. The van der Waals surface area contributed by atoms with Crippen LogP contribution in [0.3, 0.4) is 0 Å². The number of rotatable bonds is 8. The van der Waals surface area contributed by atoms with Gasteiger partial charge in [0.1, 0.15) is 5.75 Å². The molecular weight excluding hydrogens is 316 g/mol. The van der Waals surface area contributed by atoms with E-state index in [-0.39, 0.29) is 0 Å². The van der Waals surface area contributed by atoms with Crippen molar-refractivity contribution in [2.45, 2.75) is 19.3 Å². The van der Waals surface area contributed by atoms with E-state index in [0.29, 0.717) is 19.5 Å². The summed E-state index contributed by atoms with van der Waals surface area (Å²) in [5.41, 5.74) is 2.21. The fourth-order valence-corrected chi connectivity index (χ4v) is 2.52. The maximum atomic E-state index is 11.8. The molecule has 0 unspecified atom stereocenters. The van der Waals surface area contributed by atoms with Gasteiger partial charge < -0.3 is 15.4 Å². The Morgan fingerprint density at radius 2 is 1.48 bits per heavy atom. The van der Waals surface area contributed by atoms with Crippen molar-refractivity contribution in [2.24, 2.45) is 0 Å². The van der Waals surface area contributed by atoms with Gasteiger partial charge in [0.05, 0.1) is 7.11 Å². The van der Waals surface area contributed by atoms with Gasteiger partial charge >= 0.3 is 11.8 Å². The van der Waals surface area contributed by atoms with Gasteiger partial charge in [-0.15, -0.1) is 0 Å². The maximum absolute atomic E-state index is 11.8. The Balaban J connectivity index is 1.64. The predicted octanol–water partition coefficient (Wildman–Crippen LogP) is 2.10. The first kappa shape index (κ1) is 18.5. The normalized spacial score (nSPS) is 10.1. The highest BCUT2D eigenvalue weighted by Gasteiger charge is 2.12. The van der Waals surface area contributed by atoms with Gasteiger partial charge in [-0.2, -0.15) is 0 Å². The van der Waals surface area contributed by atoms with Gasteiger partial charge in [-0.3, -0.25) is 9.59 Å². The molecule has 5 nitrogen and oxygen atoms in total. The smallest absolute Gasteiger partial charge is 0.309 e. The zero-order valence-electron chi connectivity index (χ0n) is 14.5. The second-order valence-electron chi connectivity index (χ2n) is 5.66. The van der Waals surface area contributed by atoms with E-state index in [1.165, 1.54) is 5.56 Å². The lowest BCUT2D eigenvalue weighted by molar-refractivity contribution is -0.139. The van der Waals surface area contributed by atoms with Crippen LogP contribution in [-0.4, -0.2) is 32.0 Å². The molecule has 0 aliphatic rings. The molecule has 0 saturated carbocycles. The van der Waals surface area contributed by atoms with Crippen molar-refractivity contribution in [3.8, 4) is 5.75 Å². The summed E-state index contributed by atoms with van der Waals surface area (Å²) in [7, 11) is 1.61. The molecular formula is C20H24N2O3. The van der Waals surface area contributed by atoms with Crippen LogP contribution in [0.25, 0.3) is 0 Å². The van der Waals surface area contributed by atoms with E-state index >= 15 is 0 Å². The third kappa shape index (κ3) is 6.30. The highest BCUT2D eigenvalue weighted by Crippen LogP contribution is 2.17. The van der Waals surface area contributed by atoms with E-state index in [1.807, 2.05) is 54.6 Å².